The van der Waals surface area contributed by atoms with Crippen LogP contribution in [0.15, 0.2) is 22.7 Å². The van der Waals surface area contributed by atoms with Crippen LogP contribution in [0.25, 0.3) is 0 Å². The van der Waals surface area contributed by atoms with Crippen molar-refractivity contribution in [2.75, 3.05) is 19.0 Å². The first-order valence-electron chi connectivity index (χ1n) is 5.89. The molecule has 0 saturated heterocycles. The number of halogens is 3. The van der Waals surface area contributed by atoms with E-state index in [0.717, 1.165) is 23.9 Å². The van der Waals surface area contributed by atoms with Crippen LogP contribution in [0.1, 0.15) is 30.1 Å². The van der Waals surface area contributed by atoms with E-state index >= 15 is 0 Å². The predicted molar refractivity (Wildman–Crippen MR) is 80.7 cm³/mol. The number of nitrogens with zero attached hydrogens (tertiary/aromatic N) is 1. The average molecular weight is 353 g/mol. The first-order valence-corrected chi connectivity index (χ1v) is 7.60. The van der Waals surface area contributed by atoms with Gasteiger partial charge >= 0.3 is 0 Å². The summed E-state index contributed by atoms with van der Waals surface area (Å²) in [6, 6.07) is 5.22. The Morgan fingerprint density at radius 2 is 2.06 bits per heavy atom. The second-order valence-electron chi connectivity index (χ2n) is 3.99. The average Bonchev–Trinajstić information content (AvgIpc) is 2.32. The lowest BCUT2D eigenvalue weighted by atomic mass is 10.2. The van der Waals surface area contributed by atoms with Gasteiger partial charge in [-0.1, -0.05) is 40.9 Å². The topological polar surface area (TPSA) is 20.3 Å². The van der Waals surface area contributed by atoms with E-state index < -0.39 is 0 Å². The van der Waals surface area contributed by atoms with Crippen molar-refractivity contribution in [2.45, 2.75) is 19.8 Å². The molecule has 0 radical (unpaired) electrons. The maximum absolute atomic E-state index is 12.3. The van der Waals surface area contributed by atoms with Crippen LogP contribution in [-0.2, 0) is 0 Å². The van der Waals surface area contributed by atoms with Crippen molar-refractivity contribution >= 4 is 45.0 Å². The minimum atomic E-state index is -0.0210. The Bertz CT molecular complexity index is 392. The summed E-state index contributed by atoms with van der Waals surface area (Å²) in [4.78, 5) is 14.1. The number of unbranched alkanes of at least 4 members (excludes halogenated alkanes) is 1. The van der Waals surface area contributed by atoms with Gasteiger partial charge < -0.3 is 4.90 Å². The molecular formula is C13H16BrCl2NO. The second kappa shape index (κ2) is 8.03. The van der Waals surface area contributed by atoms with E-state index in [2.05, 4.69) is 22.9 Å². The van der Waals surface area contributed by atoms with Gasteiger partial charge in [-0.2, -0.15) is 0 Å². The SMILES string of the molecule is CCCCN(CCCl)C(=O)c1cc(Cl)cc(Br)c1. The fraction of sp³-hybridized carbons (Fsp3) is 0.462. The molecular weight excluding hydrogens is 337 g/mol. The Kier molecular flexibility index (Phi) is 7.05. The van der Waals surface area contributed by atoms with Crippen LogP contribution in [0.4, 0.5) is 0 Å². The van der Waals surface area contributed by atoms with Crippen LogP contribution < -0.4 is 0 Å². The molecule has 0 fully saturated rings. The molecule has 1 aromatic carbocycles. The highest BCUT2D eigenvalue weighted by Gasteiger charge is 2.15. The Labute approximate surface area is 126 Å². The van der Waals surface area contributed by atoms with Crippen molar-refractivity contribution in [2.24, 2.45) is 0 Å². The third kappa shape index (κ3) is 4.79. The van der Waals surface area contributed by atoms with Crippen molar-refractivity contribution in [3.63, 3.8) is 0 Å². The van der Waals surface area contributed by atoms with Gasteiger partial charge in [-0.25, -0.2) is 0 Å². The molecule has 0 aliphatic rings. The molecule has 1 rings (SSSR count). The highest BCUT2D eigenvalue weighted by molar-refractivity contribution is 9.10. The lowest BCUT2D eigenvalue weighted by Gasteiger charge is -2.21. The van der Waals surface area contributed by atoms with E-state index in [9.17, 15) is 4.79 Å². The number of rotatable bonds is 6. The van der Waals surface area contributed by atoms with Gasteiger partial charge in [-0.3, -0.25) is 4.79 Å². The molecule has 1 amide bonds. The zero-order valence-corrected chi connectivity index (χ0v) is 13.4. The van der Waals surface area contributed by atoms with Crippen LogP contribution in [0, 0.1) is 0 Å². The number of hydrogen-bond donors (Lipinski definition) is 0. The van der Waals surface area contributed by atoms with Gasteiger partial charge in [-0.05, 0) is 24.6 Å². The molecule has 0 spiro atoms. The second-order valence-corrected chi connectivity index (χ2v) is 5.72. The third-order valence-corrected chi connectivity index (χ3v) is 3.38. The van der Waals surface area contributed by atoms with Gasteiger partial charge in [0.15, 0.2) is 0 Å². The molecule has 5 heteroatoms. The Hall–Kier alpha value is -0.250. The van der Waals surface area contributed by atoms with Crippen molar-refractivity contribution in [1.29, 1.82) is 0 Å². The fourth-order valence-corrected chi connectivity index (χ4v) is 2.69. The van der Waals surface area contributed by atoms with E-state index in [1.807, 2.05) is 0 Å². The Balaban J connectivity index is 2.86. The molecule has 0 bridgehead atoms. The molecule has 0 aliphatic carbocycles. The molecule has 0 N–H and O–H groups in total. The van der Waals surface area contributed by atoms with Crippen LogP contribution in [0.3, 0.4) is 0 Å². The van der Waals surface area contributed by atoms with Gasteiger partial charge in [0.1, 0.15) is 0 Å². The lowest BCUT2D eigenvalue weighted by molar-refractivity contribution is 0.0763. The Morgan fingerprint density at radius 1 is 1.33 bits per heavy atom. The van der Waals surface area contributed by atoms with E-state index in [1.165, 1.54) is 0 Å². The standard InChI is InChI=1S/C13H16BrCl2NO/c1-2-3-5-17(6-4-15)13(18)10-7-11(14)9-12(16)8-10/h7-9H,2-6H2,1H3. The molecule has 1 aromatic rings. The summed E-state index contributed by atoms with van der Waals surface area (Å²) in [5.41, 5.74) is 0.593. The van der Waals surface area contributed by atoms with Gasteiger partial charge in [0, 0.05) is 34.0 Å². The van der Waals surface area contributed by atoms with Crippen LogP contribution in [0.5, 0.6) is 0 Å². The van der Waals surface area contributed by atoms with Gasteiger partial charge in [-0.15, -0.1) is 11.6 Å². The third-order valence-electron chi connectivity index (χ3n) is 2.53. The summed E-state index contributed by atoms with van der Waals surface area (Å²) in [6.45, 7) is 3.38. The van der Waals surface area contributed by atoms with Crippen LogP contribution in [0.2, 0.25) is 5.02 Å². The zero-order chi connectivity index (χ0) is 13.5. The summed E-state index contributed by atoms with van der Waals surface area (Å²) in [5, 5.41) is 0.550. The quantitative estimate of drug-likeness (QED) is 0.686. The number of hydrogen-bond acceptors (Lipinski definition) is 1. The van der Waals surface area contributed by atoms with E-state index in [-0.39, 0.29) is 5.91 Å². The van der Waals surface area contributed by atoms with Crippen molar-refractivity contribution in [3.05, 3.63) is 33.3 Å². The smallest absolute Gasteiger partial charge is 0.253 e. The fourth-order valence-electron chi connectivity index (χ4n) is 1.63. The molecule has 0 heterocycles. The van der Waals surface area contributed by atoms with Crippen molar-refractivity contribution in [3.8, 4) is 0 Å². The summed E-state index contributed by atoms with van der Waals surface area (Å²) in [5.74, 6) is 0.421. The van der Waals surface area contributed by atoms with Crippen molar-refractivity contribution < 1.29 is 4.79 Å². The monoisotopic (exact) mass is 351 g/mol. The molecule has 0 saturated carbocycles. The molecule has 0 aromatic heterocycles. The van der Waals surface area contributed by atoms with Gasteiger partial charge in [0.25, 0.3) is 5.91 Å². The number of amides is 1. The molecule has 0 atom stereocenters. The first-order chi connectivity index (χ1) is 8.58. The van der Waals surface area contributed by atoms with E-state index in [0.29, 0.717) is 23.0 Å². The maximum atomic E-state index is 12.3. The lowest BCUT2D eigenvalue weighted by Crippen LogP contribution is -2.33. The maximum Gasteiger partial charge on any atom is 0.253 e. The van der Waals surface area contributed by atoms with Gasteiger partial charge in [0.05, 0.1) is 0 Å². The van der Waals surface area contributed by atoms with Gasteiger partial charge in [0.2, 0.25) is 0 Å². The highest BCUT2D eigenvalue weighted by atomic mass is 79.9. The Morgan fingerprint density at radius 3 is 2.61 bits per heavy atom. The molecule has 100 valence electrons. The largest absolute Gasteiger partial charge is 0.337 e. The summed E-state index contributed by atoms with van der Waals surface area (Å²) >= 11 is 15.0. The number of carbonyl (C=O) groups excluding carboxylic acids is 1. The summed E-state index contributed by atoms with van der Waals surface area (Å²) < 4.78 is 0.805. The summed E-state index contributed by atoms with van der Waals surface area (Å²) in [6.07, 6.45) is 2.02. The number of carbonyl (C=O) groups is 1. The zero-order valence-electron chi connectivity index (χ0n) is 10.3. The molecule has 0 aliphatic heterocycles. The van der Waals surface area contributed by atoms with E-state index in [1.54, 1.807) is 23.1 Å². The highest BCUT2D eigenvalue weighted by Crippen LogP contribution is 2.20. The minimum absolute atomic E-state index is 0.0210. The first kappa shape index (κ1) is 15.8. The minimum Gasteiger partial charge on any atom is -0.337 e. The summed E-state index contributed by atoms with van der Waals surface area (Å²) in [7, 11) is 0. The van der Waals surface area contributed by atoms with E-state index in [4.69, 9.17) is 23.2 Å². The predicted octanol–water partition coefficient (Wildman–Crippen LogP) is 4.58. The van der Waals surface area contributed by atoms with Crippen LogP contribution in [-0.4, -0.2) is 29.8 Å². The van der Waals surface area contributed by atoms with Crippen molar-refractivity contribution in [1.82, 2.24) is 4.90 Å². The normalized spacial score (nSPS) is 10.4. The number of alkyl halides is 1. The van der Waals surface area contributed by atoms with Crippen LogP contribution >= 0.6 is 39.1 Å². The molecule has 2 nitrogen and oxygen atoms in total. The molecule has 0 unspecified atom stereocenters. The molecule has 18 heavy (non-hydrogen) atoms. The number of benzene rings is 1.